The third-order valence-electron chi connectivity index (χ3n) is 2.27. The highest BCUT2D eigenvalue weighted by Crippen LogP contribution is 2.03. The SMILES string of the molecule is C=CNc1ccccc1.O=S(=O)(O)C=Cc1ccccc1. The second kappa shape index (κ2) is 8.73. The molecule has 0 aliphatic rings. The van der Waals surface area contributed by atoms with E-state index < -0.39 is 10.1 Å². The van der Waals surface area contributed by atoms with Crippen LogP contribution in [0.2, 0.25) is 0 Å². The maximum absolute atomic E-state index is 10.3. The van der Waals surface area contributed by atoms with Crippen molar-refractivity contribution in [2.24, 2.45) is 0 Å². The molecule has 0 unspecified atom stereocenters. The van der Waals surface area contributed by atoms with Crippen molar-refractivity contribution in [3.63, 3.8) is 0 Å². The van der Waals surface area contributed by atoms with Gasteiger partial charge >= 0.3 is 0 Å². The number of rotatable bonds is 4. The highest BCUT2D eigenvalue weighted by molar-refractivity contribution is 7.88. The van der Waals surface area contributed by atoms with Crippen LogP contribution in [0.25, 0.3) is 6.08 Å². The van der Waals surface area contributed by atoms with E-state index in [1.807, 2.05) is 36.4 Å². The Morgan fingerprint density at radius 3 is 1.95 bits per heavy atom. The summed E-state index contributed by atoms with van der Waals surface area (Å²) in [5, 5.41) is 3.72. The molecule has 21 heavy (non-hydrogen) atoms. The molecule has 0 bridgehead atoms. The highest BCUT2D eigenvalue weighted by Gasteiger charge is 1.94. The van der Waals surface area contributed by atoms with Crippen molar-refractivity contribution in [2.45, 2.75) is 0 Å². The zero-order valence-electron chi connectivity index (χ0n) is 11.4. The van der Waals surface area contributed by atoms with Crippen LogP contribution in [0.4, 0.5) is 5.69 Å². The van der Waals surface area contributed by atoms with E-state index in [2.05, 4.69) is 11.9 Å². The van der Waals surface area contributed by atoms with Crippen LogP contribution in [0.3, 0.4) is 0 Å². The van der Waals surface area contributed by atoms with Crippen LogP contribution in [0.15, 0.2) is 78.9 Å². The first-order chi connectivity index (χ1) is 10.0. The third-order valence-corrected chi connectivity index (χ3v) is 2.75. The molecule has 0 saturated carbocycles. The fourth-order valence-electron chi connectivity index (χ4n) is 1.38. The fraction of sp³-hybridized carbons (Fsp3) is 0. The van der Waals surface area contributed by atoms with Crippen molar-refractivity contribution in [2.75, 3.05) is 5.32 Å². The van der Waals surface area contributed by atoms with Crippen molar-refractivity contribution in [3.05, 3.63) is 84.4 Å². The second-order valence-corrected chi connectivity index (χ2v) is 5.25. The summed E-state index contributed by atoms with van der Waals surface area (Å²) in [4.78, 5) is 0. The van der Waals surface area contributed by atoms with Gasteiger partial charge in [-0.3, -0.25) is 4.55 Å². The van der Waals surface area contributed by atoms with Crippen LogP contribution in [0.5, 0.6) is 0 Å². The molecule has 2 aromatic rings. The summed E-state index contributed by atoms with van der Waals surface area (Å²) in [6.07, 6.45) is 2.99. The Hall–Kier alpha value is -2.37. The second-order valence-electron chi connectivity index (χ2n) is 3.94. The smallest absolute Gasteiger partial charge is 0.287 e. The first-order valence-electron chi connectivity index (χ1n) is 6.14. The number of benzene rings is 2. The summed E-state index contributed by atoms with van der Waals surface area (Å²) in [7, 11) is -4.00. The molecular weight excluding hydrogens is 286 g/mol. The summed E-state index contributed by atoms with van der Waals surface area (Å²) in [6, 6.07) is 18.8. The van der Waals surface area contributed by atoms with Gasteiger partial charge in [0.2, 0.25) is 0 Å². The Morgan fingerprint density at radius 1 is 0.952 bits per heavy atom. The average molecular weight is 303 g/mol. The third kappa shape index (κ3) is 8.41. The molecule has 0 spiro atoms. The molecule has 0 saturated heterocycles. The summed E-state index contributed by atoms with van der Waals surface area (Å²) in [5.41, 5.74) is 1.81. The van der Waals surface area contributed by atoms with Gasteiger partial charge in [0, 0.05) is 5.69 Å². The maximum Gasteiger partial charge on any atom is 0.287 e. The van der Waals surface area contributed by atoms with Crippen LogP contribution >= 0.6 is 0 Å². The number of anilines is 1. The number of nitrogens with one attached hydrogen (secondary N) is 1. The van der Waals surface area contributed by atoms with Crippen LogP contribution in [0, 0.1) is 0 Å². The standard InChI is InChI=1S/C8H9N.C8H8O3S/c1-2-9-8-6-4-3-5-7-8;9-12(10,11)7-6-8-4-2-1-3-5-8/h2-7,9H,1H2;1-7H,(H,9,10,11). The molecule has 4 nitrogen and oxygen atoms in total. The zero-order valence-corrected chi connectivity index (χ0v) is 12.2. The minimum absolute atomic E-state index is 0.732. The molecule has 0 heterocycles. The lowest BCUT2D eigenvalue weighted by molar-refractivity contribution is 0.494. The Morgan fingerprint density at radius 2 is 1.48 bits per heavy atom. The molecule has 0 aromatic heterocycles. The molecule has 2 N–H and O–H groups in total. The van der Waals surface area contributed by atoms with E-state index in [1.54, 1.807) is 30.5 Å². The molecule has 110 valence electrons. The summed E-state index contributed by atoms with van der Waals surface area (Å²) >= 11 is 0. The predicted molar refractivity (Wildman–Crippen MR) is 87.3 cm³/mol. The van der Waals surface area contributed by atoms with E-state index in [9.17, 15) is 8.42 Å². The Labute approximate surface area is 125 Å². The fourth-order valence-corrected chi connectivity index (χ4v) is 1.71. The molecule has 0 amide bonds. The molecule has 0 fully saturated rings. The molecule has 0 radical (unpaired) electrons. The molecule has 2 aromatic carbocycles. The zero-order chi connectivity index (χ0) is 15.6. The van der Waals surface area contributed by atoms with E-state index in [1.165, 1.54) is 6.08 Å². The van der Waals surface area contributed by atoms with Gasteiger partial charge in [-0.25, -0.2) is 0 Å². The summed E-state index contributed by atoms with van der Waals surface area (Å²) < 4.78 is 28.9. The van der Waals surface area contributed by atoms with Gasteiger partial charge in [-0.2, -0.15) is 8.42 Å². The number of hydrogen-bond acceptors (Lipinski definition) is 3. The van der Waals surface area contributed by atoms with Crippen molar-refractivity contribution in [3.8, 4) is 0 Å². The van der Waals surface area contributed by atoms with Crippen molar-refractivity contribution >= 4 is 21.9 Å². The quantitative estimate of drug-likeness (QED) is 0.843. The normalized spacial score (nSPS) is 10.5. The van der Waals surface area contributed by atoms with Gasteiger partial charge < -0.3 is 5.32 Å². The van der Waals surface area contributed by atoms with Crippen LogP contribution in [-0.4, -0.2) is 13.0 Å². The van der Waals surface area contributed by atoms with Gasteiger partial charge in [-0.1, -0.05) is 55.1 Å². The number of hydrogen-bond donors (Lipinski definition) is 2. The highest BCUT2D eigenvalue weighted by atomic mass is 32.2. The van der Waals surface area contributed by atoms with Crippen molar-refractivity contribution in [1.29, 1.82) is 0 Å². The topological polar surface area (TPSA) is 66.4 Å². The molecule has 0 aliphatic carbocycles. The monoisotopic (exact) mass is 303 g/mol. The molecule has 0 aliphatic heterocycles. The molecular formula is C16H17NO3S. The van der Waals surface area contributed by atoms with E-state index in [4.69, 9.17) is 4.55 Å². The molecule has 0 atom stereocenters. The van der Waals surface area contributed by atoms with Crippen LogP contribution in [0.1, 0.15) is 5.56 Å². The molecule has 2 rings (SSSR count). The van der Waals surface area contributed by atoms with Crippen molar-refractivity contribution < 1.29 is 13.0 Å². The van der Waals surface area contributed by atoms with Gasteiger partial charge in [0.05, 0.1) is 5.41 Å². The lowest BCUT2D eigenvalue weighted by Gasteiger charge is -1.95. The first-order valence-corrected chi connectivity index (χ1v) is 7.65. The Bertz CT molecular complexity index is 665. The van der Waals surface area contributed by atoms with Gasteiger partial charge in [0.1, 0.15) is 0 Å². The minimum Gasteiger partial charge on any atom is -0.362 e. The Balaban J connectivity index is 0.000000219. The van der Waals surface area contributed by atoms with Gasteiger partial charge in [-0.05, 0) is 30.0 Å². The average Bonchev–Trinajstić information content (AvgIpc) is 2.48. The van der Waals surface area contributed by atoms with E-state index >= 15 is 0 Å². The van der Waals surface area contributed by atoms with Crippen LogP contribution in [-0.2, 0) is 10.1 Å². The van der Waals surface area contributed by atoms with Gasteiger partial charge in [-0.15, -0.1) is 0 Å². The van der Waals surface area contributed by atoms with Crippen LogP contribution < -0.4 is 5.32 Å². The van der Waals surface area contributed by atoms with E-state index in [-0.39, 0.29) is 0 Å². The summed E-state index contributed by atoms with van der Waals surface area (Å²) in [5.74, 6) is 0. The van der Waals surface area contributed by atoms with Gasteiger partial charge in [0.25, 0.3) is 10.1 Å². The lowest BCUT2D eigenvalue weighted by atomic mass is 10.2. The van der Waals surface area contributed by atoms with Gasteiger partial charge in [0.15, 0.2) is 0 Å². The maximum atomic E-state index is 10.3. The Kier molecular flexibility index (Phi) is 6.94. The van der Waals surface area contributed by atoms with E-state index in [0.29, 0.717) is 0 Å². The minimum atomic E-state index is -4.00. The van der Waals surface area contributed by atoms with Crippen molar-refractivity contribution in [1.82, 2.24) is 0 Å². The first kappa shape index (κ1) is 16.7. The summed E-state index contributed by atoms with van der Waals surface area (Å²) in [6.45, 7) is 3.54. The largest absolute Gasteiger partial charge is 0.362 e. The van der Waals surface area contributed by atoms with E-state index in [0.717, 1.165) is 16.7 Å². The molecule has 5 heteroatoms. The lowest BCUT2D eigenvalue weighted by Crippen LogP contribution is -1.88. The number of para-hydroxylation sites is 1. The predicted octanol–water partition coefficient (Wildman–Crippen LogP) is 3.79.